The number of aryl methyl sites for hydroxylation is 1. The maximum atomic E-state index is 13.5. The van der Waals surface area contributed by atoms with Crippen LogP contribution in [0.25, 0.3) is 22.4 Å². The van der Waals surface area contributed by atoms with E-state index in [9.17, 15) is 9.18 Å². The molecule has 0 bridgehead atoms. The standard InChI is InChI=1S/C18H15FN4OS/c1-23-16-6-5-11(15-10-25-17(24)9-20-22-15)8-14(16)21-18(23)12-3-2-4-13(19)7-12/h2-8,20H,9-10H2,1H3. The van der Waals surface area contributed by atoms with E-state index in [1.165, 1.54) is 23.9 Å². The highest BCUT2D eigenvalue weighted by Gasteiger charge is 2.15. The fraction of sp³-hybridized carbons (Fsp3) is 0.167. The van der Waals surface area contributed by atoms with Gasteiger partial charge in [-0.15, -0.1) is 0 Å². The number of rotatable bonds is 2. The highest BCUT2D eigenvalue weighted by Crippen LogP contribution is 2.25. The summed E-state index contributed by atoms with van der Waals surface area (Å²) in [5.74, 6) is 0.948. The molecule has 2 heterocycles. The van der Waals surface area contributed by atoms with Crippen LogP contribution in [0.15, 0.2) is 47.6 Å². The highest BCUT2D eigenvalue weighted by molar-refractivity contribution is 8.14. The number of hydrazone groups is 1. The average molecular weight is 354 g/mol. The third-order valence-corrected chi connectivity index (χ3v) is 4.99. The number of hydrogen-bond acceptors (Lipinski definition) is 5. The molecule has 0 amide bonds. The summed E-state index contributed by atoms with van der Waals surface area (Å²) in [5.41, 5.74) is 7.02. The van der Waals surface area contributed by atoms with Crippen LogP contribution in [0.5, 0.6) is 0 Å². The van der Waals surface area contributed by atoms with Crippen molar-refractivity contribution in [3.8, 4) is 11.4 Å². The van der Waals surface area contributed by atoms with E-state index in [0.717, 1.165) is 27.9 Å². The van der Waals surface area contributed by atoms with Gasteiger partial charge in [-0.3, -0.25) is 4.79 Å². The molecule has 1 aliphatic heterocycles. The van der Waals surface area contributed by atoms with Gasteiger partial charge in [-0.2, -0.15) is 5.10 Å². The Balaban J connectivity index is 1.77. The molecule has 0 fully saturated rings. The van der Waals surface area contributed by atoms with Gasteiger partial charge in [0.05, 0.1) is 16.7 Å². The highest BCUT2D eigenvalue weighted by atomic mass is 32.2. The number of fused-ring (bicyclic) bond motifs is 1. The van der Waals surface area contributed by atoms with Crippen LogP contribution in [0, 0.1) is 5.82 Å². The SMILES string of the molecule is Cn1c(-c2cccc(F)c2)nc2cc(C3=NNCC(=O)SC3)ccc21. The third-order valence-electron chi connectivity index (χ3n) is 4.10. The molecule has 2 aromatic carbocycles. The molecule has 25 heavy (non-hydrogen) atoms. The van der Waals surface area contributed by atoms with Crippen molar-refractivity contribution in [2.24, 2.45) is 12.1 Å². The molecule has 0 unspecified atom stereocenters. The fourth-order valence-electron chi connectivity index (χ4n) is 2.84. The number of carbonyl (C=O) groups is 1. The number of thioether (sulfide) groups is 1. The van der Waals surface area contributed by atoms with Crippen molar-refractivity contribution < 1.29 is 9.18 Å². The Bertz CT molecular complexity index is 1010. The fourth-order valence-corrected chi connectivity index (χ4v) is 3.54. The topological polar surface area (TPSA) is 59.3 Å². The zero-order chi connectivity index (χ0) is 17.4. The minimum absolute atomic E-state index is 0.0751. The van der Waals surface area contributed by atoms with E-state index in [1.54, 1.807) is 6.07 Å². The monoisotopic (exact) mass is 354 g/mol. The third kappa shape index (κ3) is 3.02. The Kier molecular flexibility index (Phi) is 4.01. The summed E-state index contributed by atoms with van der Waals surface area (Å²) in [7, 11) is 1.91. The summed E-state index contributed by atoms with van der Waals surface area (Å²) in [6, 6.07) is 12.3. The Morgan fingerprint density at radius 1 is 1.20 bits per heavy atom. The van der Waals surface area contributed by atoms with Gasteiger partial charge in [0.2, 0.25) is 5.12 Å². The van der Waals surface area contributed by atoms with Crippen molar-refractivity contribution in [1.29, 1.82) is 0 Å². The molecule has 0 radical (unpaired) electrons. The molecule has 5 nitrogen and oxygen atoms in total. The van der Waals surface area contributed by atoms with Gasteiger partial charge < -0.3 is 9.99 Å². The van der Waals surface area contributed by atoms with Crippen LogP contribution in [-0.2, 0) is 11.8 Å². The summed E-state index contributed by atoms with van der Waals surface area (Å²) >= 11 is 1.25. The first-order valence-corrected chi connectivity index (χ1v) is 8.78. The van der Waals surface area contributed by atoms with E-state index in [-0.39, 0.29) is 17.5 Å². The van der Waals surface area contributed by atoms with E-state index in [0.29, 0.717) is 11.6 Å². The van der Waals surface area contributed by atoms with Crippen molar-refractivity contribution in [2.75, 3.05) is 12.3 Å². The van der Waals surface area contributed by atoms with E-state index >= 15 is 0 Å². The molecule has 126 valence electrons. The van der Waals surface area contributed by atoms with Crippen molar-refractivity contribution >= 4 is 33.6 Å². The Labute approximate surface area is 147 Å². The number of hydrogen-bond donors (Lipinski definition) is 1. The molecular formula is C18H15FN4OS. The molecule has 1 aromatic heterocycles. The molecule has 0 aliphatic carbocycles. The largest absolute Gasteiger partial charge is 0.327 e. The number of carbonyl (C=O) groups excluding carboxylic acids is 1. The van der Waals surface area contributed by atoms with Crippen LogP contribution in [0.4, 0.5) is 4.39 Å². The summed E-state index contributed by atoms with van der Waals surface area (Å²) in [6.45, 7) is 0.240. The number of nitrogens with zero attached hydrogens (tertiary/aromatic N) is 3. The van der Waals surface area contributed by atoms with Gasteiger partial charge in [0.25, 0.3) is 0 Å². The van der Waals surface area contributed by atoms with Gasteiger partial charge in [0, 0.05) is 23.9 Å². The van der Waals surface area contributed by atoms with Gasteiger partial charge in [0.15, 0.2) is 0 Å². The first kappa shape index (κ1) is 15.8. The molecular weight excluding hydrogens is 339 g/mol. The molecule has 1 aliphatic rings. The average Bonchev–Trinajstić information content (AvgIpc) is 2.78. The van der Waals surface area contributed by atoms with Crippen molar-refractivity contribution in [2.45, 2.75) is 0 Å². The number of nitrogens with one attached hydrogen (secondary N) is 1. The lowest BCUT2D eigenvalue weighted by atomic mass is 10.1. The lowest BCUT2D eigenvalue weighted by Crippen LogP contribution is -2.13. The smallest absolute Gasteiger partial charge is 0.210 e. The number of imidazole rings is 1. The van der Waals surface area contributed by atoms with Crippen LogP contribution < -0.4 is 5.43 Å². The Morgan fingerprint density at radius 3 is 2.92 bits per heavy atom. The first-order valence-electron chi connectivity index (χ1n) is 7.79. The van der Waals surface area contributed by atoms with E-state index in [2.05, 4.69) is 15.5 Å². The maximum absolute atomic E-state index is 13.5. The second-order valence-electron chi connectivity index (χ2n) is 5.76. The van der Waals surface area contributed by atoms with E-state index in [4.69, 9.17) is 0 Å². The normalized spacial score (nSPS) is 15.0. The predicted molar refractivity (Wildman–Crippen MR) is 98.1 cm³/mol. The van der Waals surface area contributed by atoms with Gasteiger partial charge in [-0.1, -0.05) is 30.0 Å². The van der Waals surface area contributed by atoms with Gasteiger partial charge >= 0.3 is 0 Å². The molecule has 0 saturated heterocycles. The zero-order valence-corrected chi connectivity index (χ0v) is 14.3. The quantitative estimate of drug-likeness (QED) is 0.769. The summed E-state index contributed by atoms with van der Waals surface area (Å²) in [5, 5.41) is 4.37. The molecule has 3 aromatic rings. The first-order chi connectivity index (χ1) is 12.1. The summed E-state index contributed by atoms with van der Waals surface area (Å²) in [6.07, 6.45) is 0. The number of aromatic nitrogens is 2. The van der Waals surface area contributed by atoms with Crippen molar-refractivity contribution in [3.05, 3.63) is 53.8 Å². The molecule has 4 rings (SSSR count). The second-order valence-corrected chi connectivity index (χ2v) is 6.80. The lowest BCUT2D eigenvalue weighted by Gasteiger charge is -2.04. The Morgan fingerprint density at radius 2 is 2.08 bits per heavy atom. The summed E-state index contributed by atoms with van der Waals surface area (Å²) < 4.78 is 15.5. The van der Waals surface area contributed by atoms with Crippen LogP contribution in [0.2, 0.25) is 0 Å². The predicted octanol–water partition coefficient (Wildman–Crippen LogP) is 2.95. The lowest BCUT2D eigenvalue weighted by molar-refractivity contribution is -0.110. The molecule has 0 atom stereocenters. The van der Waals surface area contributed by atoms with Gasteiger partial charge in [-0.05, 0) is 24.3 Å². The minimum atomic E-state index is -0.286. The minimum Gasteiger partial charge on any atom is -0.327 e. The Hall–Kier alpha value is -2.67. The van der Waals surface area contributed by atoms with Crippen LogP contribution in [-0.4, -0.2) is 32.7 Å². The molecule has 7 heteroatoms. The van der Waals surface area contributed by atoms with Gasteiger partial charge in [0.1, 0.15) is 18.2 Å². The second kappa shape index (κ2) is 6.33. The number of halogens is 1. The van der Waals surface area contributed by atoms with Crippen LogP contribution in [0.3, 0.4) is 0 Å². The van der Waals surface area contributed by atoms with Crippen molar-refractivity contribution in [3.63, 3.8) is 0 Å². The summed E-state index contributed by atoms with van der Waals surface area (Å²) in [4.78, 5) is 16.2. The van der Waals surface area contributed by atoms with E-state index in [1.807, 2.05) is 35.9 Å². The molecule has 1 N–H and O–H groups in total. The van der Waals surface area contributed by atoms with Gasteiger partial charge in [-0.25, -0.2) is 9.37 Å². The van der Waals surface area contributed by atoms with Crippen molar-refractivity contribution in [1.82, 2.24) is 15.0 Å². The maximum Gasteiger partial charge on any atom is 0.210 e. The van der Waals surface area contributed by atoms with E-state index < -0.39 is 0 Å². The number of benzene rings is 2. The van der Waals surface area contributed by atoms with Crippen LogP contribution >= 0.6 is 11.8 Å². The molecule has 0 spiro atoms. The zero-order valence-electron chi connectivity index (χ0n) is 13.5. The molecule has 0 saturated carbocycles. The van der Waals surface area contributed by atoms with Crippen LogP contribution in [0.1, 0.15) is 5.56 Å².